The summed E-state index contributed by atoms with van der Waals surface area (Å²) < 4.78 is 19.2. The van der Waals surface area contributed by atoms with E-state index >= 15 is 0 Å². The van der Waals surface area contributed by atoms with Gasteiger partial charge in [-0.2, -0.15) is 0 Å². The van der Waals surface area contributed by atoms with E-state index in [1.165, 1.54) is 144 Å². The molecular formula is C63H112O3. The van der Waals surface area contributed by atoms with E-state index in [9.17, 15) is 0 Å². The van der Waals surface area contributed by atoms with Crippen molar-refractivity contribution in [3.8, 4) is 11.5 Å². The number of rotatable bonds is 21. The molecule has 0 saturated heterocycles. The summed E-state index contributed by atoms with van der Waals surface area (Å²) in [6.45, 7) is 39.9. The van der Waals surface area contributed by atoms with Gasteiger partial charge in [0, 0.05) is 5.56 Å². The molecule has 3 saturated carbocycles. The van der Waals surface area contributed by atoms with E-state index in [4.69, 9.17) is 14.2 Å². The lowest BCUT2D eigenvalue weighted by molar-refractivity contribution is -0.0707. The predicted molar refractivity (Wildman–Crippen MR) is 288 cm³/mol. The van der Waals surface area contributed by atoms with Gasteiger partial charge in [-0.25, -0.2) is 0 Å². The third-order valence-electron chi connectivity index (χ3n) is 18.9. The van der Waals surface area contributed by atoms with Gasteiger partial charge in [0.2, 0.25) is 0 Å². The Morgan fingerprint density at radius 1 is 0.636 bits per heavy atom. The number of ether oxygens (including phenoxy) is 3. The van der Waals surface area contributed by atoms with Gasteiger partial charge in [-0.3, -0.25) is 0 Å². The second-order valence-electron chi connectivity index (χ2n) is 25.9. The SMILES string of the molecule is C.CC(C)CCC[C@@H](C)[C@H]1CCC2[C@@H]3CC=C4C[C@@H](OC(C)C)CC[C@]4(C)[C@H]3CC[C@@]21C.Cc1c(C)c2c(c(C)c1OC(C)C)CC[C@@](C)(CCC[C@H](C)CCC[C@H](C)CCCC(C)C)O2. The van der Waals surface area contributed by atoms with Gasteiger partial charge in [0.1, 0.15) is 17.1 Å². The van der Waals surface area contributed by atoms with Crippen molar-refractivity contribution in [2.24, 2.45) is 64.1 Å². The van der Waals surface area contributed by atoms with E-state index in [0.29, 0.717) is 23.0 Å². The van der Waals surface area contributed by atoms with Crippen molar-refractivity contribution < 1.29 is 14.2 Å². The summed E-state index contributed by atoms with van der Waals surface area (Å²) in [7, 11) is 0. The Labute approximate surface area is 412 Å². The maximum Gasteiger partial charge on any atom is 0.127 e. The van der Waals surface area contributed by atoms with Crippen LogP contribution in [-0.2, 0) is 11.2 Å². The monoisotopic (exact) mass is 917 g/mol. The third-order valence-corrected chi connectivity index (χ3v) is 18.9. The summed E-state index contributed by atoms with van der Waals surface area (Å²) >= 11 is 0. The molecule has 0 bridgehead atoms. The Kier molecular flexibility index (Phi) is 21.7. The van der Waals surface area contributed by atoms with Crippen molar-refractivity contribution in [2.45, 2.75) is 290 Å². The first-order chi connectivity index (χ1) is 30.6. The number of hydrogen-bond acceptors (Lipinski definition) is 3. The fourth-order valence-electron chi connectivity index (χ4n) is 14.8. The molecule has 6 rings (SSSR count). The van der Waals surface area contributed by atoms with Gasteiger partial charge in [0.05, 0.1) is 18.3 Å². The molecule has 0 aromatic heterocycles. The molecule has 382 valence electrons. The molecule has 0 spiro atoms. The van der Waals surface area contributed by atoms with Crippen LogP contribution in [0.25, 0.3) is 0 Å². The van der Waals surface area contributed by atoms with Gasteiger partial charge in [0.25, 0.3) is 0 Å². The topological polar surface area (TPSA) is 27.7 Å². The van der Waals surface area contributed by atoms with E-state index in [2.05, 4.69) is 124 Å². The molecule has 0 radical (unpaired) electrons. The van der Waals surface area contributed by atoms with Crippen LogP contribution in [0.5, 0.6) is 11.5 Å². The van der Waals surface area contributed by atoms with Crippen LogP contribution in [0.2, 0.25) is 0 Å². The van der Waals surface area contributed by atoms with Crippen LogP contribution in [0.15, 0.2) is 11.6 Å². The standard InChI is InChI=1S/C32H56O2.C30H52O.CH4/c1-22(2)14-11-15-24(5)16-12-17-25(6)18-13-20-32(10)21-19-29-28(9)30(33-23(3)4)26(7)27(8)31(29)34-32;1-20(2)9-8-10-22(5)26-13-14-27-25-12-11-23-19-24(31-21(3)4)15-17-29(23,6)28(25)16-18-30(26,27)7;/h22-25H,11-21H2,1-10H3;11,20-22,24-28H,8-10,12-19H2,1-7H3;1H4/t24-,25-,32-;22-,24+,25+,26-,27?,28+,29+,30-;/m11./s1. The summed E-state index contributed by atoms with van der Waals surface area (Å²) in [5.41, 5.74) is 7.94. The highest BCUT2D eigenvalue weighted by Crippen LogP contribution is 2.67. The molecule has 3 nitrogen and oxygen atoms in total. The van der Waals surface area contributed by atoms with Crippen molar-refractivity contribution >= 4 is 0 Å². The Morgan fingerprint density at radius 3 is 1.85 bits per heavy atom. The van der Waals surface area contributed by atoms with Crippen molar-refractivity contribution in [3.05, 3.63) is 33.9 Å². The Morgan fingerprint density at radius 2 is 1.24 bits per heavy atom. The van der Waals surface area contributed by atoms with Crippen LogP contribution in [0.4, 0.5) is 0 Å². The lowest BCUT2D eigenvalue weighted by atomic mass is 9.47. The van der Waals surface area contributed by atoms with E-state index in [1.54, 1.807) is 5.57 Å². The molecule has 0 N–H and O–H groups in total. The van der Waals surface area contributed by atoms with Gasteiger partial charge >= 0.3 is 0 Å². The second-order valence-corrected chi connectivity index (χ2v) is 25.9. The molecule has 11 atom stereocenters. The Hall–Kier alpha value is -1.48. The zero-order chi connectivity index (χ0) is 47.9. The Balaban J connectivity index is 0.000000285. The van der Waals surface area contributed by atoms with Gasteiger partial charge in [-0.05, 0) is 213 Å². The molecule has 1 unspecified atom stereocenters. The molecule has 0 amide bonds. The van der Waals surface area contributed by atoms with Gasteiger partial charge < -0.3 is 14.2 Å². The van der Waals surface area contributed by atoms with Crippen molar-refractivity contribution in [3.63, 3.8) is 0 Å². The highest BCUT2D eigenvalue weighted by molar-refractivity contribution is 5.59. The van der Waals surface area contributed by atoms with Crippen molar-refractivity contribution in [2.75, 3.05) is 0 Å². The molecule has 3 heteroatoms. The van der Waals surface area contributed by atoms with E-state index in [-0.39, 0.29) is 19.1 Å². The second kappa shape index (κ2) is 25.1. The molecule has 1 aromatic rings. The maximum absolute atomic E-state index is 6.76. The minimum Gasteiger partial charge on any atom is -0.490 e. The first-order valence-corrected chi connectivity index (χ1v) is 28.4. The van der Waals surface area contributed by atoms with Crippen LogP contribution in [0.3, 0.4) is 0 Å². The molecular weight excluding hydrogens is 805 g/mol. The fourth-order valence-corrected chi connectivity index (χ4v) is 14.8. The summed E-state index contributed by atoms with van der Waals surface area (Å²) in [4.78, 5) is 0. The lowest BCUT2D eigenvalue weighted by Gasteiger charge is -2.58. The number of allylic oxidation sites excluding steroid dienone is 1. The number of fused-ring (bicyclic) bond motifs is 6. The quantitative estimate of drug-likeness (QED) is 0.115. The molecule has 5 aliphatic rings. The average molecular weight is 918 g/mol. The zero-order valence-electron chi connectivity index (χ0n) is 46.3. The van der Waals surface area contributed by atoms with E-state index < -0.39 is 0 Å². The highest BCUT2D eigenvalue weighted by atomic mass is 16.5. The summed E-state index contributed by atoms with van der Waals surface area (Å²) in [6, 6.07) is 0. The first-order valence-electron chi connectivity index (χ1n) is 28.4. The largest absolute Gasteiger partial charge is 0.490 e. The van der Waals surface area contributed by atoms with Crippen LogP contribution in [0, 0.1) is 84.9 Å². The summed E-state index contributed by atoms with van der Waals surface area (Å²) in [6.07, 6.45) is 33.5. The Bertz CT molecular complexity index is 1650. The summed E-state index contributed by atoms with van der Waals surface area (Å²) in [5.74, 6) is 10.4. The number of hydrogen-bond donors (Lipinski definition) is 0. The van der Waals surface area contributed by atoms with Crippen LogP contribution < -0.4 is 9.47 Å². The normalized spacial score (nSPS) is 30.6. The van der Waals surface area contributed by atoms with Gasteiger partial charge in [0.15, 0.2) is 0 Å². The van der Waals surface area contributed by atoms with Crippen molar-refractivity contribution in [1.82, 2.24) is 0 Å². The minimum absolute atomic E-state index is 0. The van der Waals surface area contributed by atoms with Crippen LogP contribution in [0.1, 0.15) is 261 Å². The van der Waals surface area contributed by atoms with Gasteiger partial charge in [-0.15, -0.1) is 0 Å². The molecule has 1 aromatic carbocycles. The molecule has 1 aliphatic heterocycles. The van der Waals surface area contributed by atoms with Crippen LogP contribution in [-0.4, -0.2) is 23.9 Å². The first kappa shape index (κ1) is 57.1. The van der Waals surface area contributed by atoms with E-state index in [1.807, 2.05) is 0 Å². The summed E-state index contributed by atoms with van der Waals surface area (Å²) in [5, 5.41) is 0. The third kappa shape index (κ3) is 14.3. The van der Waals surface area contributed by atoms with Crippen LogP contribution >= 0.6 is 0 Å². The smallest absolute Gasteiger partial charge is 0.127 e. The lowest BCUT2D eigenvalue weighted by Crippen LogP contribution is -2.51. The minimum atomic E-state index is -0.0400. The molecule has 3 fully saturated rings. The molecule has 66 heavy (non-hydrogen) atoms. The average Bonchev–Trinajstić information content (AvgIpc) is 3.58. The molecule has 4 aliphatic carbocycles. The highest BCUT2D eigenvalue weighted by Gasteiger charge is 2.59. The zero-order valence-corrected chi connectivity index (χ0v) is 46.3. The molecule has 1 heterocycles. The predicted octanol–water partition coefficient (Wildman–Crippen LogP) is 19.4. The number of benzene rings is 1. The van der Waals surface area contributed by atoms with Gasteiger partial charge in [-0.1, -0.05) is 146 Å². The van der Waals surface area contributed by atoms with Crippen molar-refractivity contribution in [1.29, 1.82) is 0 Å². The maximum atomic E-state index is 6.76. The fraction of sp³-hybridized carbons (Fsp3) is 0.873. The van der Waals surface area contributed by atoms with E-state index in [0.717, 1.165) is 84.0 Å².